The van der Waals surface area contributed by atoms with Crippen molar-refractivity contribution >= 4 is 28.3 Å². The molecule has 7 nitrogen and oxygen atoms in total. The van der Waals surface area contributed by atoms with E-state index in [0.29, 0.717) is 36.3 Å². The molecule has 1 saturated heterocycles. The Morgan fingerprint density at radius 2 is 1.91 bits per heavy atom. The topological polar surface area (TPSA) is 66.6 Å². The predicted molar refractivity (Wildman–Crippen MR) is 128 cm³/mol. The molecule has 3 aromatic heterocycles. The zero-order valence-corrected chi connectivity index (χ0v) is 19.5. The van der Waals surface area contributed by atoms with E-state index < -0.39 is 17.6 Å². The van der Waals surface area contributed by atoms with Crippen LogP contribution in [-0.4, -0.2) is 56.1 Å². The Balaban J connectivity index is 1.32. The Kier molecular flexibility index (Phi) is 5.35. The van der Waals surface area contributed by atoms with E-state index in [1.54, 1.807) is 29.8 Å². The van der Waals surface area contributed by atoms with Gasteiger partial charge in [0.25, 0.3) is 0 Å². The number of aromatic nitrogens is 4. The molecule has 1 atom stereocenters. The van der Waals surface area contributed by atoms with E-state index in [2.05, 4.69) is 9.97 Å². The Hall–Kier alpha value is -3.62. The molecule has 1 amide bonds. The molecule has 4 aromatic rings. The van der Waals surface area contributed by atoms with Gasteiger partial charge in [0.15, 0.2) is 5.65 Å². The van der Waals surface area contributed by atoms with Crippen LogP contribution in [0.25, 0.3) is 16.6 Å². The van der Waals surface area contributed by atoms with Crippen molar-refractivity contribution in [1.29, 1.82) is 0 Å². The first-order valence-electron chi connectivity index (χ1n) is 12.1. The van der Waals surface area contributed by atoms with Crippen molar-refractivity contribution in [2.24, 2.45) is 0 Å². The molecular weight excluding hydrogens is 450 g/mol. The minimum Gasteiger partial charge on any atom is -0.344 e. The fourth-order valence-electron chi connectivity index (χ4n) is 5.54. The number of amides is 1. The summed E-state index contributed by atoms with van der Waals surface area (Å²) >= 11 is 0. The van der Waals surface area contributed by atoms with Gasteiger partial charge in [-0.25, -0.2) is 18.3 Å². The summed E-state index contributed by atoms with van der Waals surface area (Å²) in [6.45, 7) is 3.39. The molecule has 1 aliphatic carbocycles. The fourth-order valence-corrected chi connectivity index (χ4v) is 5.54. The number of carbonyl (C=O) groups is 1. The van der Waals surface area contributed by atoms with E-state index in [1.807, 2.05) is 21.9 Å². The van der Waals surface area contributed by atoms with Crippen LogP contribution in [0.4, 0.5) is 14.6 Å². The zero-order chi connectivity index (χ0) is 24.1. The van der Waals surface area contributed by atoms with Gasteiger partial charge in [0.05, 0.1) is 24.0 Å². The van der Waals surface area contributed by atoms with Crippen LogP contribution < -0.4 is 4.90 Å². The number of nitrogens with zero attached hydrogens (tertiary/aromatic N) is 6. The number of piperazine rings is 1. The first-order valence-corrected chi connectivity index (χ1v) is 12.1. The lowest BCUT2D eigenvalue weighted by Gasteiger charge is -2.38. The van der Waals surface area contributed by atoms with Crippen molar-refractivity contribution in [1.82, 2.24) is 24.5 Å². The van der Waals surface area contributed by atoms with Gasteiger partial charge in [-0.3, -0.25) is 9.78 Å². The van der Waals surface area contributed by atoms with Crippen LogP contribution in [0, 0.1) is 11.6 Å². The van der Waals surface area contributed by atoms with Crippen molar-refractivity contribution in [3.8, 4) is 0 Å². The third-order valence-electron chi connectivity index (χ3n) is 7.43. The second-order valence-electron chi connectivity index (χ2n) is 9.47. The lowest BCUT2D eigenvalue weighted by atomic mass is 9.95. The lowest BCUT2D eigenvalue weighted by Crippen LogP contribution is -2.53. The van der Waals surface area contributed by atoms with E-state index in [9.17, 15) is 4.79 Å². The summed E-state index contributed by atoms with van der Waals surface area (Å²) in [6.07, 6.45) is 7.67. The second-order valence-corrected chi connectivity index (χ2v) is 9.47. The molecule has 0 bridgehead atoms. The molecule has 0 spiro atoms. The highest BCUT2D eigenvalue weighted by Gasteiger charge is 2.32. The smallest absolute Gasteiger partial charge is 0.242 e. The average molecular weight is 477 g/mol. The number of hydrogen-bond donors (Lipinski definition) is 0. The number of rotatable bonds is 4. The van der Waals surface area contributed by atoms with Crippen LogP contribution in [0.5, 0.6) is 0 Å². The van der Waals surface area contributed by atoms with E-state index in [-0.39, 0.29) is 28.9 Å². The molecule has 2 aliphatic rings. The van der Waals surface area contributed by atoms with E-state index >= 15 is 8.78 Å². The quantitative estimate of drug-likeness (QED) is 0.440. The highest BCUT2D eigenvalue weighted by molar-refractivity contribution is 5.83. The van der Waals surface area contributed by atoms with Crippen molar-refractivity contribution in [3.63, 3.8) is 0 Å². The number of benzene rings is 1. The molecule has 4 heterocycles. The van der Waals surface area contributed by atoms with Crippen molar-refractivity contribution in [2.75, 3.05) is 24.5 Å². The lowest BCUT2D eigenvalue weighted by molar-refractivity contribution is -0.133. The molecule has 6 rings (SSSR count). The van der Waals surface area contributed by atoms with Crippen LogP contribution in [0.1, 0.15) is 49.8 Å². The van der Waals surface area contributed by atoms with Gasteiger partial charge in [0.1, 0.15) is 17.5 Å². The maximum Gasteiger partial charge on any atom is 0.242 e. The van der Waals surface area contributed by atoms with Crippen LogP contribution in [0.2, 0.25) is 0 Å². The van der Waals surface area contributed by atoms with E-state index in [0.717, 1.165) is 12.8 Å². The van der Waals surface area contributed by atoms with Crippen molar-refractivity contribution < 1.29 is 13.6 Å². The fraction of sp³-hybridized carbons (Fsp3) is 0.385. The largest absolute Gasteiger partial charge is 0.344 e. The summed E-state index contributed by atoms with van der Waals surface area (Å²) in [5, 5.41) is 5.01. The third kappa shape index (κ3) is 3.69. The Morgan fingerprint density at radius 3 is 2.71 bits per heavy atom. The van der Waals surface area contributed by atoms with Gasteiger partial charge < -0.3 is 9.80 Å². The molecule has 0 N–H and O–H groups in total. The third-order valence-corrected chi connectivity index (χ3v) is 7.43. The maximum absolute atomic E-state index is 15.4. The number of halogens is 2. The summed E-state index contributed by atoms with van der Waals surface area (Å²) < 4.78 is 32.0. The van der Waals surface area contributed by atoms with Gasteiger partial charge in [-0.15, -0.1) is 5.10 Å². The van der Waals surface area contributed by atoms with Crippen LogP contribution >= 0.6 is 0 Å². The minimum absolute atomic E-state index is 0.0418. The number of imidazole rings is 1. The highest BCUT2D eigenvalue weighted by atomic mass is 19.1. The molecule has 2 fully saturated rings. The van der Waals surface area contributed by atoms with Gasteiger partial charge >= 0.3 is 0 Å². The Morgan fingerprint density at radius 1 is 1.09 bits per heavy atom. The summed E-state index contributed by atoms with van der Waals surface area (Å²) in [7, 11) is 0. The average Bonchev–Trinajstić information content (AvgIpc) is 3.54. The molecule has 9 heteroatoms. The number of carbonyl (C=O) groups excluding carboxylic acids is 1. The van der Waals surface area contributed by atoms with Crippen LogP contribution in [0.15, 0.2) is 42.7 Å². The maximum atomic E-state index is 15.4. The number of fused-ring (bicyclic) bond motifs is 2. The molecule has 1 saturated carbocycles. The summed E-state index contributed by atoms with van der Waals surface area (Å²) in [6, 6.07) is 8.53. The minimum atomic E-state index is -0.652. The molecule has 0 radical (unpaired) electrons. The summed E-state index contributed by atoms with van der Waals surface area (Å²) in [5.41, 5.74) is 1.38. The molecule has 1 aliphatic heterocycles. The monoisotopic (exact) mass is 476 g/mol. The Labute approximate surface area is 201 Å². The number of hydrogen-bond acceptors (Lipinski definition) is 5. The van der Waals surface area contributed by atoms with Crippen molar-refractivity contribution in [2.45, 2.75) is 44.6 Å². The first kappa shape index (κ1) is 21.9. The normalized spacial score (nSPS) is 18.2. The molecule has 35 heavy (non-hydrogen) atoms. The second kappa shape index (κ2) is 8.55. The SMILES string of the molecule is CC(c1c(F)cc2ncccc2c1F)c1cnc2ccc(N3CCN(C4CCCC4)C(=O)C3)nn12. The highest BCUT2D eigenvalue weighted by Crippen LogP contribution is 2.33. The van der Waals surface area contributed by atoms with Gasteiger partial charge in [0.2, 0.25) is 5.91 Å². The standard InChI is InChI=1S/C26H26F2N6O/c1-16(25-19(27)13-20-18(26(25)28)7-4-10-29-20)21-14-30-22-8-9-23(31-34(21)22)32-11-12-33(24(35)15-32)17-5-2-3-6-17/h4,7-10,13-14,16-17H,2-3,5-6,11-12,15H2,1H3. The van der Waals surface area contributed by atoms with Crippen molar-refractivity contribution in [3.05, 3.63) is 65.6 Å². The van der Waals surface area contributed by atoms with E-state index in [1.165, 1.54) is 25.1 Å². The first-order chi connectivity index (χ1) is 17.0. The van der Waals surface area contributed by atoms with Gasteiger partial charge in [-0.1, -0.05) is 19.8 Å². The number of pyridine rings is 1. The van der Waals surface area contributed by atoms with Crippen LogP contribution in [0.3, 0.4) is 0 Å². The number of anilines is 1. The van der Waals surface area contributed by atoms with E-state index in [4.69, 9.17) is 5.10 Å². The van der Waals surface area contributed by atoms with Gasteiger partial charge in [0, 0.05) is 48.3 Å². The van der Waals surface area contributed by atoms with Gasteiger partial charge in [-0.05, 0) is 37.1 Å². The molecule has 180 valence electrons. The molecular formula is C26H26F2N6O. The summed E-state index contributed by atoms with van der Waals surface area (Å²) in [5.74, 6) is -1.15. The predicted octanol–water partition coefficient (Wildman–Crippen LogP) is 4.30. The molecule has 1 aromatic carbocycles. The van der Waals surface area contributed by atoms with Crippen LogP contribution in [-0.2, 0) is 4.79 Å². The zero-order valence-electron chi connectivity index (χ0n) is 19.5. The Bertz CT molecular complexity index is 1430. The molecule has 1 unspecified atom stereocenters. The summed E-state index contributed by atoms with van der Waals surface area (Å²) in [4.78, 5) is 25.3. The van der Waals surface area contributed by atoms with Gasteiger partial charge in [-0.2, -0.15) is 0 Å².